The summed E-state index contributed by atoms with van der Waals surface area (Å²) >= 11 is 0. The van der Waals surface area contributed by atoms with Crippen molar-refractivity contribution < 1.29 is 49.0 Å². The zero-order valence-corrected chi connectivity index (χ0v) is 25.3. The number of aliphatic hydroxyl groups excluding tert-OH is 3. The summed E-state index contributed by atoms with van der Waals surface area (Å²) in [6.45, 7) is 4.02. The molecule has 3 aliphatic rings. The molecule has 0 aromatic heterocycles. The van der Waals surface area contributed by atoms with Crippen LogP contribution in [0.4, 0.5) is 0 Å². The Labute approximate surface area is 265 Å². The highest BCUT2D eigenvalue weighted by atomic mass is 16.7. The molecule has 0 bridgehead atoms. The molecule has 5 N–H and O–H groups in total. The molecule has 11 nitrogen and oxygen atoms in total. The maximum atomic E-state index is 14.4. The Hall–Kier alpha value is -4.39. The lowest BCUT2D eigenvalue weighted by Crippen LogP contribution is -2.58. The average Bonchev–Trinajstić information content (AvgIpc) is 3.04. The number of aliphatic hydroxyl groups is 3. The van der Waals surface area contributed by atoms with Crippen molar-refractivity contribution in [2.24, 2.45) is 0 Å². The van der Waals surface area contributed by atoms with E-state index in [1.54, 1.807) is 12.2 Å². The van der Waals surface area contributed by atoms with Gasteiger partial charge in [-0.15, -0.1) is 0 Å². The molecule has 2 fully saturated rings. The third-order valence-electron chi connectivity index (χ3n) is 8.75. The molecule has 240 valence electrons. The second kappa shape index (κ2) is 12.8. The van der Waals surface area contributed by atoms with Crippen LogP contribution in [-0.4, -0.2) is 81.8 Å². The Bertz CT molecular complexity index is 1710. The standard InChI is InChI=1S/C35H35NO10/c1-17-29(38)33(42)34(43)35(44-17)46-25-16-23-28(32(41)26(25)20-12-14-36-15-13-20)30(39)22-10-11-24(45-18(2)37)21(27(22)31(23)40)9-8-19-6-4-3-5-7-19/h3-11,16-17,20,29,33-36,38,41-43H,12-15H2,1-2H3/b9-8+/t17-,29+,33+,34+,35+/m0/s1. The van der Waals surface area contributed by atoms with Crippen LogP contribution in [0.1, 0.15) is 81.1 Å². The lowest BCUT2D eigenvalue weighted by molar-refractivity contribution is -0.268. The molecular weight excluding hydrogens is 594 g/mol. The number of fused-ring (bicyclic) bond motifs is 2. The third-order valence-corrected chi connectivity index (χ3v) is 8.75. The molecule has 0 unspecified atom stereocenters. The number of hydrogen-bond acceptors (Lipinski definition) is 11. The Morgan fingerprint density at radius 2 is 1.59 bits per heavy atom. The van der Waals surface area contributed by atoms with Gasteiger partial charge in [0.05, 0.1) is 11.7 Å². The van der Waals surface area contributed by atoms with E-state index in [2.05, 4.69) is 5.32 Å². The van der Waals surface area contributed by atoms with E-state index in [4.69, 9.17) is 14.2 Å². The number of hydrogen-bond donors (Lipinski definition) is 5. The van der Waals surface area contributed by atoms with Crippen LogP contribution < -0.4 is 14.8 Å². The van der Waals surface area contributed by atoms with E-state index in [1.165, 1.54) is 32.0 Å². The van der Waals surface area contributed by atoms with E-state index in [1.807, 2.05) is 30.3 Å². The van der Waals surface area contributed by atoms with Crippen molar-refractivity contribution in [1.82, 2.24) is 5.32 Å². The Balaban J connectivity index is 1.51. The number of esters is 1. The fraction of sp³-hybridized carbons (Fsp3) is 0.343. The predicted octanol–water partition coefficient (Wildman–Crippen LogP) is 2.94. The summed E-state index contributed by atoms with van der Waals surface area (Å²) in [5.41, 5.74) is 1.01. The van der Waals surface area contributed by atoms with Crippen LogP contribution in [0.3, 0.4) is 0 Å². The number of piperidine rings is 1. The van der Waals surface area contributed by atoms with Crippen LogP contribution >= 0.6 is 0 Å². The van der Waals surface area contributed by atoms with Crippen LogP contribution in [0, 0.1) is 0 Å². The summed E-state index contributed by atoms with van der Waals surface area (Å²) in [6, 6.07) is 13.5. The molecule has 3 aromatic carbocycles. The molecule has 5 atom stereocenters. The molecule has 2 saturated heterocycles. The number of nitrogens with one attached hydrogen (secondary N) is 1. The van der Waals surface area contributed by atoms with Crippen molar-refractivity contribution in [3.05, 3.63) is 87.5 Å². The first-order valence-corrected chi connectivity index (χ1v) is 15.2. The molecular formula is C35H35NO10. The number of carbonyl (C=O) groups is 3. The highest BCUT2D eigenvalue weighted by Crippen LogP contribution is 2.47. The van der Waals surface area contributed by atoms with Crippen molar-refractivity contribution >= 4 is 29.7 Å². The maximum absolute atomic E-state index is 14.4. The van der Waals surface area contributed by atoms with Gasteiger partial charge in [-0.25, -0.2) is 0 Å². The highest BCUT2D eigenvalue weighted by molar-refractivity contribution is 6.31. The molecule has 0 spiro atoms. The van der Waals surface area contributed by atoms with Crippen molar-refractivity contribution in [2.45, 2.75) is 63.3 Å². The zero-order valence-electron chi connectivity index (χ0n) is 25.3. The quantitative estimate of drug-likeness (QED) is 0.121. The second-order valence-electron chi connectivity index (χ2n) is 11.8. The van der Waals surface area contributed by atoms with Crippen LogP contribution in [0.25, 0.3) is 12.2 Å². The van der Waals surface area contributed by atoms with Gasteiger partial charge in [0.2, 0.25) is 6.29 Å². The Morgan fingerprint density at radius 1 is 0.891 bits per heavy atom. The number of ether oxygens (including phenoxy) is 3. The lowest BCUT2D eigenvalue weighted by Gasteiger charge is -2.39. The van der Waals surface area contributed by atoms with Gasteiger partial charge in [-0.05, 0) is 68.6 Å². The summed E-state index contributed by atoms with van der Waals surface area (Å²) in [4.78, 5) is 40.5. The van der Waals surface area contributed by atoms with Gasteiger partial charge >= 0.3 is 5.97 Å². The molecule has 6 rings (SSSR count). The number of aromatic hydroxyl groups is 1. The Kier molecular flexibility index (Phi) is 8.78. The third kappa shape index (κ3) is 5.72. The molecule has 0 saturated carbocycles. The van der Waals surface area contributed by atoms with Crippen molar-refractivity contribution in [1.29, 1.82) is 0 Å². The van der Waals surface area contributed by atoms with Gasteiger partial charge < -0.3 is 40.0 Å². The fourth-order valence-electron chi connectivity index (χ4n) is 6.36. The van der Waals surface area contributed by atoms with E-state index in [0.29, 0.717) is 25.9 Å². The largest absolute Gasteiger partial charge is 0.507 e. The SMILES string of the molecule is CC(=O)Oc1ccc2c(c1/C=C/c1ccccc1)C(=O)c1cc(O[C@H]3O[C@@H](C)[C@@H](O)[C@@H](O)[C@H]3O)c(C3CCNCC3)c(O)c1C2=O. The summed E-state index contributed by atoms with van der Waals surface area (Å²) in [5, 5.41) is 46.3. The normalized spacial score (nSPS) is 24.8. The van der Waals surface area contributed by atoms with Crippen LogP contribution in [0.5, 0.6) is 17.2 Å². The summed E-state index contributed by atoms with van der Waals surface area (Å²) in [6.07, 6.45) is -2.42. The molecule has 46 heavy (non-hydrogen) atoms. The molecule has 1 aliphatic carbocycles. The van der Waals surface area contributed by atoms with Crippen LogP contribution in [-0.2, 0) is 9.53 Å². The minimum absolute atomic E-state index is 0.00473. The van der Waals surface area contributed by atoms with E-state index < -0.39 is 54.0 Å². The smallest absolute Gasteiger partial charge is 0.308 e. The minimum atomic E-state index is -1.65. The summed E-state index contributed by atoms with van der Waals surface area (Å²) in [5.74, 6) is -2.41. The lowest BCUT2D eigenvalue weighted by atomic mass is 9.77. The van der Waals surface area contributed by atoms with E-state index >= 15 is 0 Å². The fourth-order valence-corrected chi connectivity index (χ4v) is 6.36. The number of rotatable bonds is 6. The monoisotopic (exact) mass is 629 g/mol. The van der Waals surface area contributed by atoms with Crippen molar-refractivity contribution in [3.8, 4) is 17.2 Å². The van der Waals surface area contributed by atoms with E-state index in [9.17, 15) is 34.8 Å². The molecule has 3 aromatic rings. The molecule has 11 heteroatoms. The number of benzene rings is 3. The first-order chi connectivity index (χ1) is 22.1. The van der Waals surface area contributed by atoms with Gasteiger partial charge in [0.15, 0.2) is 11.6 Å². The number of ketones is 2. The molecule has 0 amide bonds. The van der Waals surface area contributed by atoms with Gasteiger partial charge in [-0.2, -0.15) is 0 Å². The minimum Gasteiger partial charge on any atom is -0.507 e. The first-order valence-electron chi connectivity index (χ1n) is 15.2. The number of phenolic OH excluding ortho intramolecular Hbond substituents is 1. The van der Waals surface area contributed by atoms with E-state index in [-0.39, 0.29) is 50.8 Å². The molecule has 0 radical (unpaired) electrons. The average molecular weight is 630 g/mol. The van der Waals surface area contributed by atoms with Crippen LogP contribution in [0.15, 0.2) is 48.5 Å². The summed E-state index contributed by atoms with van der Waals surface area (Å²) in [7, 11) is 0. The predicted molar refractivity (Wildman–Crippen MR) is 166 cm³/mol. The number of phenols is 1. The molecule has 2 heterocycles. The van der Waals surface area contributed by atoms with Crippen molar-refractivity contribution in [3.63, 3.8) is 0 Å². The highest BCUT2D eigenvalue weighted by Gasteiger charge is 2.45. The van der Waals surface area contributed by atoms with Gasteiger partial charge in [0.25, 0.3) is 0 Å². The van der Waals surface area contributed by atoms with Gasteiger partial charge in [-0.3, -0.25) is 14.4 Å². The van der Waals surface area contributed by atoms with Crippen LogP contribution in [0.2, 0.25) is 0 Å². The first kappa shape index (κ1) is 31.6. The zero-order chi connectivity index (χ0) is 32.7. The number of carbonyl (C=O) groups excluding carboxylic acids is 3. The van der Waals surface area contributed by atoms with E-state index in [0.717, 1.165) is 5.56 Å². The maximum Gasteiger partial charge on any atom is 0.308 e. The van der Waals surface area contributed by atoms with Gasteiger partial charge in [0.1, 0.15) is 35.6 Å². The van der Waals surface area contributed by atoms with Crippen molar-refractivity contribution in [2.75, 3.05) is 13.1 Å². The van der Waals surface area contributed by atoms with Gasteiger partial charge in [-0.1, -0.05) is 36.4 Å². The van der Waals surface area contributed by atoms with Gasteiger partial charge in [0, 0.05) is 34.7 Å². The summed E-state index contributed by atoms with van der Waals surface area (Å²) < 4.78 is 17.2. The molecule has 2 aliphatic heterocycles. The topological polar surface area (TPSA) is 172 Å². The Morgan fingerprint density at radius 3 is 2.28 bits per heavy atom. The second-order valence-corrected chi connectivity index (χ2v) is 11.8.